The molecule has 4 heteroatoms. The molecule has 0 spiro atoms. The topological polar surface area (TPSA) is 29.5 Å². The third kappa shape index (κ3) is 3.02. The van der Waals surface area contributed by atoms with Crippen molar-refractivity contribution < 1.29 is 13.9 Å². The molecule has 3 nitrogen and oxygen atoms in total. The van der Waals surface area contributed by atoms with Crippen LogP contribution in [0.25, 0.3) is 0 Å². The standard InChI is InChI=1S/C27H42FNO2/c1-16-5-4-11-26(2)21(16)8-7-19-22(26)10-12-27(3)24(19)20-13-17(20)14-29(27)25(30)23-9-6-18(28)15-31-23/h16-24H,4-15H2,1-3H3. The van der Waals surface area contributed by atoms with E-state index in [0.29, 0.717) is 30.1 Å². The van der Waals surface area contributed by atoms with Gasteiger partial charge in [0.05, 0.1) is 6.61 Å². The third-order valence-corrected chi connectivity index (χ3v) is 11.5. The van der Waals surface area contributed by atoms with Gasteiger partial charge < -0.3 is 9.64 Å². The molecule has 11 atom stereocenters. The monoisotopic (exact) mass is 431 g/mol. The number of amides is 1. The number of hydrogen-bond acceptors (Lipinski definition) is 2. The van der Waals surface area contributed by atoms with Gasteiger partial charge in [-0.15, -0.1) is 0 Å². The maximum Gasteiger partial charge on any atom is 0.252 e. The van der Waals surface area contributed by atoms with Crippen LogP contribution in [0.4, 0.5) is 4.39 Å². The van der Waals surface area contributed by atoms with Crippen LogP contribution in [0.1, 0.15) is 85.0 Å². The van der Waals surface area contributed by atoms with Crippen LogP contribution in [0.2, 0.25) is 0 Å². The van der Waals surface area contributed by atoms with Crippen molar-refractivity contribution in [3.8, 4) is 0 Å². The van der Waals surface area contributed by atoms with E-state index in [0.717, 1.165) is 42.6 Å². The largest absolute Gasteiger partial charge is 0.365 e. The van der Waals surface area contributed by atoms with Gasteiger partial charge in [0.25, 0.3) is 5.91 Å². The summed E-state index contributed by atoms with van der Waals surface area (Å²) in [5.41, 5.74) is 0.497. The van der Waals surface area contributed by atoms with Crippen molar-refractivity contribution in [2.24, 2.45) is 46.8 Å². The second-order valence-electron chi connectivity index (χ2n) is 12.9. The zero-order chi connectivity index (χ0) is 21.5. The molecule has 0 radical (unpaired) electrons. The number of fused-ring (bicyclic) bond motifs is 7. The molecule has 1 amide bonds. The lowest BCUT2D eigenvalue weighted by atomic mass is 9.43. The summed E-state index contributed by atoms with van der Waals surface area (Å²) in [6, 6.07) is 0. The molecule has 0 aromatic carbocycles. The van der Waals surface area contributed by atoms with E-state index in [4.69, 9.17) is 4.74 Å². The van der Waals surface area contributed by atoms with Gasteiger partial charge in [0.15, 0.2) is 0 Å². The van der Waals surface area contributed by atoms with Gasteiger partial charge >= 0.3 is 0 Å². The van der Waals surface area contributed by atoms with E-state index >= 15 is 0 Å². The highest BCUT2D eigenvalue weighted by molar-refractivity contribution is 5.82. The Balaban J connectivity index is 1.28. The summed E-state index contributed by atoms with van der Waals surface area (Å²) in [5, 5.41) is 0. The molecule has 4 saturated carbocycles. The quantitative estimate of drug-likeness (QED) is 0.539. The normalized spacial score (nSPS) is 56.0. The fourth-order valence-corrected chi connectivity index (χ4v) is 9.91. The minimum absolute atomic E-state index is 0.0185. The number of nitrogens with zero attached hydrogens (tertiary/aromatic N) is 1. The maximum atomic E-state index is 13.7. The van der Waals surface area contributed by atoms with Crippen molar-refractivity contribution in [3.05, 3.63) is 0 Å². The lowest BCUT2D eigenvalue weighted by Gasteiger charge is -2.65. The summed E-state index contributed by atoms with van der Waals surface area (Å²) in [7, 11) is 0. The van der Waals surface area contributed by atoms with Crippen LogP contribution in [0.5, 0.6) is 0 Å². The lowest BCUT2D eigenvalue weighted by molar-refractivity contribution is -0.179. The van der Waals surface area contributed by atoms with E-state index in [1.165, 1.54) is 44.9 Å². The molecule has 6 rings (SSSR count). The SMILES string of the molecule is CC1CCCC2(C)C1CCC1C2CCC2(C)C1C1CC1CN2C(=O)C1CCC(F)CO1. The van der Waals surface area contributed by atoms with E-state index in [1.54, 1.807) is 0 Å². The molecule has 0 aromatic rings. The van der Waals surface area contributed by atoms with Gasteiger partial charge in [-0.05, 0) is 105 Å². The second-order valence-corrected chi connectivity index (χ2v) is 12.9. The molecule has 2 aliphatic heterocycles. The van der Waals surface area contributed by atoms with Crippen LogP contribution in [0.3, 0.4) is 0 Å². The number of carbonyl (C=O) groups excluding carboxylic acids is 1. The first-order chi connectivity index (χ1) is 14.8. The Morgan fingerprint density at radius 2 is 1.84 bits per heavy atom. The predicted octanol–water partition coefficient (Wildman–Crippen LogP) is 5.62. The Morgan fingerprint density at radius 3 is 2.61 bits per heavy atom. The van der Waals surface area contributed by atoms with Crippen molar-refractivity contribution in [1.29, 1.82) is 0 Å². The molecule has 0 N–H and O–H groups in total. The second kappa shape index (κ2) is 7.18. The van der Waals surface area contributed by atoms with E-state index in [9.17, 15) is 9.18 Å². The summed E-state index contributed by atoms with van der Waals surface area (Å²) >= 11 is 0. The van der Waals surface area contributed by atoms with Crippen LogP contribution < -0.4 is 0 Å². The molecule has 2 saturated heterocycles. The summed E-state index contributed by atoms with van der Waals surface area (Å²) in [4.78, 5) is 15.9. The number of likely N-dealkylation sites (tertiary alicyclic amines) is 1. The average Bonchev–Trinajstić information content (AvgIpc) is 3.51. The number of ether oxygens (including phenoxy) is 1. The molecular formula is C27H42FNO2. The number of rotatable bonds is 1. The predicted molar refractivity (Wildman–Crippen MR) is 119 cm³/mol. The number of carbonyl (C=O) groups is 1. The molecule has 31 heavy (non-hydrogen) atoms. The molecule has 6 fully saturated rings. The summed E-state index contributed by atoms with van der Waals surface area (Å²) in [5.74, 6) is 5.82. The van der Waals surface area contributed by atoms with Gasteiger partial charge in [-0.1, -0.05) is 26.7 Å². The van der Waals surface area contributed by atoms with Crippen molar-refractivity contribution in [2.75, 3.05) is 13.2 Å². The first kappa shape index (κ1) is 20.9. The fraction of sp³-hybridized carbons (Fsp3) is 0.963. The minimum atomic E-state index is -0.897. The molecule has 0 bridgehead atoms. The van der Waals surface area contributed by atoms with Gasteiger partial charge in [-0.2, -0.15) is 0 Å². The Kier molecular flexibility index (Phi) is 4.85. The van der Waals surface area contributed by atoms with Crippen molar-refractivity contribution in [1.82, 2.24) is 4.90 Å². The first-order valence-electron chi connectivity index (χ1n) is 13.4. The molecule has 4 aliphatic carbocycles. The van der Waals surface area contributed by atoms with Gasteiger partial charge in [0.1, 0.15) is 12.3 Å². The maximum absolute atomic E-state index is 13.7. The molecule has 2 heterocycles. The smallest absolute Gasteiger partial charge is 0.252 e. The highest BCUT2D eigenvalue weighted by Gasteiger charge is 2.66. The molecule has 174 valence electrons. The number of halogens is 1. The van der Waals surface area contributed by atoms with Crippen molar-refractivity contribution in [2.45, 2.75) is 103 Å². The Hall–Kier alpha value is -0.640. The van der Waals surface area contributed by atoms with Gasteiger partial charge in [-0.25, -0.2) is 4.39 Å². The summed E-state index contributed by atoms with van der Waals surface area (Å²) in [6.07, 6.45) is 10.5. The van der Waals surface area contributed by atoms with E-state index in [-0.39, 0.29) is 18.1 Å². The Bertz CT molecular complexity index is 735. The highest BCUT2D eigenvalue weighted by Crippen LogP contribution is 2.68. The first-order valence-corrected chi connectivity index (χ1v) is 13.4. The summed E-state index contributed by atoms with van der Waals surface area (Å²) in [6.45, 7) is 8.59. The number of hydrogen-bond donors (Lipinski definition) is 0. The summed E-state index contributed by atoms with van der Waals surface area (Å²) < 4.78 is 19.3. The van der Waals surface area contributed by atoms with Crippen molar-refractivity contribution >= 4 is 5.91 Å². The van der Waals surface area contributed by atoms with Crippen LogP contribution in [0.15, 0.2) is 0 Å². The van der Waals surface area contributed by atoms with Crippen molar-refractivity contribution in [3.63, 3.8) is 0 Å². The Morgan fingerprint density at radius 1 is 1.00 bits per heavy atom. The highest BCUT2D eigenvalue weighted by atomic mass is 19.1. The third-order valence-electron chi connectivity index (χ3n) is 11.5. The Labute approximate surface area is 187 Å². The van der Waals surface area contributed by atoms with E-state index in [2.05, 4.69) is 25.7 Å². The molecule has 11 unspecified atom stereocenters. The van der Waals surface area contributed by atoms with E-state index in [1.807, 2.05) is 0 Å². The zero-order valence-electron chi connectivity index (χ0n) is 19.8. The fourth-order valence-electron chi connectivity index (χ4n) is 9.91. The lowest BCUT2D eigenvalue weighted by Crippen LogP contribution is -2.67. The van der Waals surface area contributed by atoms with Gasteiger partial charge in [0, 0.05) is 12.1 Å². The zero-order valence-corrected chi connectivity index (χ0v) is 19.8. The number of piperidine rings is 1. The molecular weight excluding hydrogens is 389 g/mol. The van der Waals surface area contributed by atoms with Gasteiger partial charge in [0.2, 0.25) is 0 Å². The van der Waals surface area contributed by atoms with Crippen LogP contribution in [-0.2, 0) is 9.53 Å². The minimum Gasteiger partial charge on any atom is -0.365 e. The van der Waals surface area contributed by atoms with Crippen LogP contribution in [-0.4, -0.2) is 41.8 Å². The molecule has 6 aliphatic rings. The average molecular weight is 432 g/mol. The molecule has 0 aromatic heterocycles. The number of alkyl halides is 1. The van der Waals surface area contributed by atoms with Crippen LogP contribution >= 0.6 is 0 Å². The van der Waals surface area contributed by atoms with Crippen LogP contribution in [0, 0.1) is 46.8 Å². The van der Waals surface area contributed by atoms with E-state index < -0.39 is 12.3 Å². The van der Waals surface area contributed by atoms with Gasteiger partial charge in [-0.3, -0.25) is 4.79 Å².